The maximum Gasteiger partial charge on any atom is 0.133 e. The van der Waals surface area contributed by atoms with Gasteiger partial charge in [0.05, 0.1) is 0 Å². The average Bonchev–Trinajstić information content (AvgIpc) is 2.13. The molecule has 0 saturated carbocycles. The Labute approximate surface area is 80.7 Å². The van der Waals surface area contributed by atoms with E-state index in [0.717, 1.165) is 19.4 Å². The van der Waals surface area contributed by atoms with Crippen LogP contribution in [0.5, 0.6) is 0 Å². The lowest BCUT2D eigenvalue weighted by molar-refractivity contribution is -0.119. The van der Waals surface area contributed by atoms with Gasteiger partial charge >= 0.3 is 0 Å². The monoisotopic (exact) mass is 182 g/mol. The van der Waals surface area contributed by atoms with Crippen molar-refractivity contribution < 1.29 is 9.53 Å². The number of ketones is 1. The Kier molecular flexibility index (Phi) is 8.70. The number of carbonyl (C=O) groups excluding carboxylic acids is 1. The van der Waals surface area contributed by atoms with E-state index in [1.54, 1.807) is 0 Å². The molecular weight excluding hydrogens is 164 g/mol. The highest BCUT2D eigenvalue weighted by atomic mass is 16.5. The van der Waals surface area contributed by atoms with Gasteiger partial charge in [-0.15, -0.1) is 12.3 Å². The maximum absolute atomic E-state index is 11.2. The number of Topliss-reactive ketones (excluding diaryl/α,β-unsaturated/α-hetero) is 1. The Hall–Kier alpha value is -0.810. The van der Waals surface area contributed by atoms with Crippen LogP contribution in [0.25, 0.3) is 0 Å². The second-order valence-corrected chi connectivity index (χ2v) is 2.90. The van der Waals surface area contributed by atoms with Gasteiger partial charge < -0.3 is 4.74 Å². The van der Waals surface area contributed by atoms with E-state index in [-0.39, 0.29) is 0 Å². The number of rotatable bonds is 8. The molecule has 0 bridgehead atoms. The van der Waals surface area contributed by atoms with Crippen molar-refractivity contribution in [3.05, 3.63) is 0 Å². The molecule has 0 heterocycles. The molecule has 0 aliphatic carbocycles. The van der Waals surface area contributed by atoms with E-state index in [0.29, 0.717) is 31.7 Å². The zero-order valence-electron chi connectivity index (χ0n) is 8.34. The van der Waals surface area contributed by atoms with E-state index < -0.39 is 0 Å². The van der Waals surface area contributed by atoms with Crippen molar-refractivity contribution in [2.45, 2.75) is 39.0 Å². The van der Waals surface area contributed by atoms with E-state index >= 15 is 0 Å². The number of ether oxygens (including phenoxy) is 1. The second kappa shape index (κ2) is 9.28. The first-order valence-electron chi connectivity index (χ1n) is 4.84. The highest BCUT2D eigenvalue weighted by Crippen LogP contribution is 2.01. The van der Waals surface area contributed by atoms with E-state index in [9.17, 15) is 4.79 Å². The maximum atomic E-state index is 11.2. The standard InChI is InChI=1S/C11H18O2/c1-3-5-6-8-11(12)9-7-10-13-4-2/h1H,4-10H2,2H3. The van der Waals surface area contributed by atoms with Crippen LogP contribution in [0.15, 0.2) is 0 Å². The van der Waals surface area contributed by atoms with Gasteiger partial charge in [-0.25, -0.2) is 0 Å². The van der Waals surface area contributed by atoms with Crippen molar-refractivity contribution in [2.24, 2.45) is 0 Å². The van der Waals surface area contributed by atoms with Crippen LogP contribution >= 0.6 is 0 Å². The molecule has 0 amide bonds. The molecular formula is C11H18O2. The Balaban J connectivity index is 3.16. The summed E-state index contributed by atoms with van der Waals surface area (Å²) < 4.78 is 5.12. The van der Waals surface area contributed by atoms with Crippen LogP contribution < -0.4 is 0 Å². The van der Waals surface area contributed by atoms with Crippen LogP contribution in [-0.4, -0.2) is 19.0 Å². The van der Waals surface area contributed by atoms with Gasteiger partial charge in [0.1, 0.15) is 5.78 Å². The predicted octanol–water partition coefficient (Wildman–Crippen LogP) is 2.18. The highest BCUT2D eigenvalue weighted by Gasteiger charge is 2.00. The van der Waals surface area contributed by atoms with Gasteiger partial charge in [0.15, 0.2) is 0 Å². The van der Waals surface area contributed by atoms with Crippen molar-refractivity contribution in [1.29, 1.82) is 0 Å². The summed E-state index contributed by atoms with van der Waals surface area (Å²) in [5.74, 6) is 2.82. The molecule has 0 fully saturated rings. The van der Waals surface area contributed by atoms with Crippen LogP contribution in [0.1, 0.15) is 39.0 Å². The topological polar surface area (TPSA) is 26.3 Å². The molecule has 0 aromatic rings. The highest BCUT2D eigenvalue weighted by molar-refractivity contribution is 5.78. The quantitative estimate of drug-likeness (QED) is 0.425. The Morgan fingerprint density at radius 2 is 2.08 bits per heavy atom. The SMILES string of the molecule is C#CCCCC(=O)CCCOCC. The van der Waals surface area contributed by atoms with Gasteiger partial charge in [0.25, 0.3) is 0 Å². The minimum absolute atomic E-state index is 0.301. The Morgan fingerprint density at radius 1 is 1.38 bits per heavy atom. The molecule has 0 aliphatic heterocycles. The number of unbranched alkanes of at least 4 members (excludes halogenated alkanes) is 1. The minimum Gasteiger partial charge on any atom is -0.382 e. The lowest BCUT2D eigenvalue weighted by Gasteiger charge is -2.00. The molecule has 74 valence electrons. The molecule has 13 heavy (non-hydrogen) atoms. The largest absolute Gasteiger partial charge is 0.382 e. The van der Waals surface area contributed by atoms with Gasteiger partial charge in [-0.05, 0) is 19.8 Å². The fraction of sp³-hybridized carbons (Fsp3) is 0.727. The van der Waals surface area contributed by atoms with Gasteiger partial charge in [0.2, 0.25) is 0 Å². The molecule has 0 spiro atoms. The number of hydrogen-bond acceptors (Lipinski definition) is 2. The fourth-order valence-electron chi connectivity index (χ4n) is 1.03. The van der Waals surface area contributed by atoms with E-state index in [2.05, 4.69) is 5.92 Å². The molecule has 0 radical (unpaired) electrons. The third kappa shape index (κ3) is 9.10. The van der Waals surface area contributed by atoms with Crippen LogP contribution in [0.4, 0.5) is 0 Å². The van der Waals surface area contributed by atoms with Crippen molar-refractivity contribution in [2.75, 3.05) is 13.2 Å². The summed E-state index contributed by atoms with van der Waals surface area (Å²) in [5.41, 5.74) is 0. The number of hydrogen-bond donors (Lipinski definition) is 0. The van der Waals surface area contributed by atoms with E-state index in [1.807, 2.05) is 6.92 Å². The molecule has 0 aromatic heterocycles. The summed E-state index contributed by atoms with van der Waals surface area (Å²) in [7, 11) is 0. The molecule has 0 rings (SSSR count). The Bertz CT molecular complexity index is 167. The second-order valence-electron chi connectivity index (χ2n) is 2.90. The van der Waals surface area contributed by atoms with Gasteiger partial charge in [-0.3, -0.25) is 4.79 Å². The van der Waals surface area contributed by atoms with Crippen molar-refractivity contribution >= 4 is 5.78 Å². The van der Waals surface area contributed by atoms with E-state index in [1.165, 1.54) is 0 Å². The summed E-state index contributed by atoms with van der Waals surface area (Å²) in [6.45, 7) is 3.37. The smallest absolute Gasteiger partial charge is 0.133 e. The molecule has 2 heteroatoms. The zero-order valence-corrected chi connectivity index (χ0v) is 8.34. The summed E-state index contributed by atoms with van der Waals surface area (Å²) in [6.07, 6.45) is 8.69. The lowest BCUT2D eigenvalue weighted by Crippen LogP contribution is -2.01. The molecule has 2 nitrogen and oxygen atoms in total. The molecule has 0 unspecified atom stereocenters. The minimum atomic E-state index is 0.301. The first-order chi connectivity index (χ1) is 6.31. The van der Waals surface area contributed by atoms with Crippen LogP contribution in [-0.2, 0) is 9.53 Å². The average molecular weight is 182 g/mol. The number of terminal acetylenes is 1. The van der Waals surface area contributed by atoms with Gasteiger partial charge in [-0.1, -0.05) is 0 Å². The van der Waals surface area contributed by atoms with Crippen LogP contribution in [0, 0.1) is 12.3 Å². The van der Waals surface area contributed by atoms with Crippen LogP contribution in [0.3, 0.4) is 0 Å². The van der Waals surface area contributed by atoms with Crippen LogP contribution in [0.2, 0.25) is 0 Å². The van der Waals surface area contributed by atoms with Crippen molar-refractivity contribution in [1.82, 2.24) is 0 Å². The molecule has 0 N–H and O–H groups in total. The van der Waals surface area contributed by atoms with Crippen molar-refractivity contribution in [3.63, 3.8) is 0 Å². The normalized spacial score (nSPS) is 9.54. The summed E-state index contributed by atoms with van der Waals surface area (Å²) in [5, 5.41) is 0. The summed E-state index contributed by atoms with van der Waals surface area (Å²) in [6, 6.07) is 0. The molecule has 0 aliphatic rings. The third-order valence-corrected chi connectivity index (χ3v) is 1.73. The fourth-order valence-corrected chi connectivity index (χ4v) is 1.03. The lowest BCUT2D eigenvalue weighted by atomic mass is 10.1. The predicted molar refractivity (Wildman–Crippen MR) is 53.4 cm³/mol. The third-order valence-electron chi connectivity index (χ3n) is 1.73. The van der Waals surface area contributed by atoms with E-state index in [4.69, 9.17) is 11.2 Å². The van der Waals surface area contributed by atoms with Gasteiger partial charge in [-0.2, -0.15) is 0 Å². The first kappa shape index (κ1) is 12.2. The zero-order chi connectivity index (χ0) is 9.94. The molecule has 0 saturated heterocycles. The van der Waals surface area contributed by atoms with Gasteiger partial charge in [0, 0.05) is 32.5 Å². The number of carbonyl (C=O) groups is 1. The molecule has 0 aromatic carbocycles. The molecule has 0 atom stereocenters. The summed E-state index contributed by atoms with van der Waals surface area (Å²) in [4.78, 5) is 11.2. The first-order valence-corrected chi connectivity index (χ1v) is 4.84. The summed E-state index contributed by atoms with van der Waals surface area (Å²) >= 11 is 0. The van der Waals surface area contributed by atoms with Crippen molar-refractivity contribution in [3.8, 4) is 12.3 Å². The Morgan fingerprint density at radius 3 is 2.69 bits per heavy atom.